The van der Waals surface area contributed by atoms with Gasteiger partial charge in [0.2, 0.25) is 0 Å². The Bertz CT molecular complexity index is 898. The Kier molecular flexibility index (Phi) is 14.6. The first kappa shape index (κ1) is 39.2. The molecule has 0 aromatic carbocycles. The molecule has 255 valence electrons. The first-order chi connectivity index (χ1) is 20.2. The number of nitrogens with one attached hydrogen (secondary N) is 1. The fourth-order valence-electron chi connectivity index (χ4n) is 5.62. The van der Waals surface area contributed by atoms with Crippen LogP contribution in [0.4, 0.5) is 0 Å². The van der Waals surface area contributed by atoms with Crippen molar-refractivity contribution in [3.63, 3.8) is 0 Å². The van der Waals surface area contributed by atoms with Crippen LogP contribution in [0.2, 0.25) is 0 Å². The molecule has 20 atom stereocenters. The molecule has 0 aromatic rings. The van der Waals surface area contributed by atoms with Crippen LogP contribution in [0, 0.1) is 44.1 Å². The van der Waals surface area contributed by atoms with E-state index in [0.29, 0.717) is 0 Å². The van der Waals surface area contributed by atoms with Crippen LogP contribution in [0.15, 0.2) is 0 Å². The second-order valence-electron chi connectivity index (χ2n) is 11.5. The zero-order valence-corrected chi connectivity index (χ0v) is 29.1. The molecule has 0 aromatic heterocycles. The van der Waals surface area contributed by atoms with Gasteiger partial charge < -0.3 is 90.0 Å². The molecule has 0 spiro atoms. The molecule has 0 aliphatic carbocycles. The molecule has 4 heterocycles. The van der Waals surface area contributed by atoms with E-state index in [4.69, 9.17) is 38.9 Å². The summed E-state index contributed by atoms with van der Waals surface area (Å²) < 4.78 is 40.1. The third-order valence-corrected chi connectivity index (χ3v) is 8.43. The van der Waals surface area contributed by atoms with Crippen LogP contribution < -0.4 is 0 Å². The molecule has 4 rings (SSSR count). The van der Waals surface area contributed by atoms with Gasteiger partial charge in [0.1, 0.15) is 73.2 Å². The Hall–Kier alpha value is 0.722. The molecule has 19 heteroatoms. The summed E-state index contributed by atoms with van der Waals surface area (Å²) in [5.41, 5.74) is 8.70. The zero-order chi connectivity index (χ0) is 31.9. The van der Waals surface area contributed by atoms with Crippen LogP contribution in [-0.4, -0.2) is 187 Å². The summed E-state index contributed by atoms with van der Waals surface area (Å²) in [6.07, 6.45) is -28.2. The molecular formula is C25H44AcNO17-. The van der Waals surface area contributed by atoms with Gasteiger partial charge in [0, 0.05) is 50.2 Å². The average Bonchev–Trinajstić information content (AvgIpc) is 2.98. The summed E-state index contributed by atoms with van der Waals surface area (Å²) in [7, 11) is 0. The van der Waals surface area contributed by atoms with Gasteiger partial charge >= 0.3 is 0 Å². The van der Waals surface area contributed by atoms with Gasteiger partial charge in [0.05, 0.1) is 31.5 Å². The van der Waals surface area contributed by atoms with Crippen LogP contribution in [0.3, 0.4) is 0 Å². The van der Waals surface area contributed by atoms with E-state index in [1.54, 1.807) is 0 Å². The molecule has 0 bridgehead atoms. The van der Waals surface area contributed by atoms with Crippen molar-refractivity contribution in [2.45, 2.75) is 143 Å². The molecule has 12 unspecified atom stereocenters. The van der Waals surface area contributed by atoms with Gasteiger partial charge in [-0.1, -0.05) is 6.04 Å². The monoisotopic (exact) mass is 857 g/mol. The van der Waals surface area contributed by atoms with Crippen molar-refractivity contribution in [3.05, 3.63) is 5.73 Å². The summed E-state index contributed by atoms with van der Waals surface area (Å²) in [6, 6.07) is -1.25. The van der Waals surface area contributed by atoms with E-state index in [1.807, 2.05) is 0 Å². The molecule has 18 nitrogen and oxygen atoms in total. The van der Waals surface area contributed by atoms with Gasteiger partial charge in [-0.15, -0.1) is 0 Å². The Morgan fingerprint density at radius 2 is 0.932 bits per heavy atom. The van der Waals surface area contributed by atoms with Gasteiger partial charge in [-0.2, -0.15) is 0 Å². The molecule has 4 fully saturated rings. The number of hydrogen-bond acceptors (Lipinski definition) is 17. The van der Waals surface area contributed by atoms with Gasteiger partial charge in [-0.3, -0.25) is 0 Å². The van der Waals surface area contributed by atoms with E-state index in [2.05, 4.69) is 0 Å². The Morgan fingerprint density at radius 1 is 0.477 bits per heavy atom. The fraction of sp³-hybridized carbons (Fsp3) is 1.00. The van der Waals surface area contributed by atoms with E-state index in [9.17, 15) is 51.1 Å². The minimum absolute atomic E-state index is 0. The first-order valence-corrected chi connectivity index (χ1v) is 14.2. The average molecular weight is 858 g/mol. The predicted molar refractivity (Wildman–Crippen MR) is 137 cm³/mol. The Balaban J connectivity index is 0.00000529. The van der Waals surface area contributed by atoms with Gasteiger partial charge in [-0.05, 0) is 20.8 Å². The summed E-state index contributed by atoms with van der Waals surface area (Å²) in [4.78, 5) is 0. The Labute approximate surface area is 289 Å². The molecule has 4 aliphatic heterocycles. The third kappa shape index (κ3) is 7.95. The van der Waals surface area contributed by atoms with Crippen molar-refractivity contribution in [2.24, 2.45) is 0 Å². The van der Waals surface area contributed by atoms with Gasteiger partial charge in [0.15, 0.2) is 18.9 Å². The largest absolute Gasteiger partial charge is 0.670 e. The predicted octanol–water partition coefficient (Wildman–Crippen LogP) is -5.56. The number of ether oxygens (including phenoxy) is 7. The number of hydrogen-bond donors (Lipinski definition) is 10. The van der Waals surface area contributed by atoms with Crippen molar-refractivity contribution in [2.75, 3.05) is 13.2 Å². The van der Waals surface area contributed by atoms with E-state index >= 15 is 0 Å². The molecule has 1 radical (unpaired) electrons. The normalized spacial score (nSPS) is 53.6. The molecule has 4 saturated heterocycles. The molecule has 44 heavy (non-hydrogen) atoms. The van der Waals surface area contributed by atoms with E-state index < -0.39 is 136 Å². The third-order valence-electron chi connectivity index (χ3n) is 8.43. The molecule has 11 N–H and O–H groups in total. The summed E-state index contributed by atoms with van der Waals surface area (Å²) >= 11 is 0. The van der Waals surface area contributed by atoms with Crippen LogP contribution in [0.25, 0.3) is 5.73 Å². The van der Waals surface area contributed by atoms with Crippen LogP contribution in [0.1, 0.15) is 20.8 Å². The Morgan fingerprint density at radius 3 is 1.41 bits per heavy atom. The van der Waals surface area contributed by atoms with Crippen molar-refractivity contribution in [1.29, 1.82) is 0 Å². The molecule has 4 aliphatic rings. The number of aliphatic hydroxyl groups is 10. The fourth-order valence-corrected chi connectivity index (χ4v) is 5.62. The zero-order valence-electron chi connectivity index (χ0n) is 24.4. The van der Waals surface area contributed by atoms with Gasteiger partial charge in [-0.25, -0.2) is 0 Å². The van der Waals surface area contributed by atoms with Crippen molar-refractivity contribution < 1.29 is 128 Å². The number of rotatable bonds is 8. The van der Waals surface area contributed by atoms with Crippen molar-refractivity contribution >= 4 is 0 Å². The summed E-state index contributed by atoms with van der Waals surface area (Å²) in [5, 5.41) is 103. The second-order valence-corrected chi connectivity index (χ2v) is 11.5. The maximum atomic E-state index is 11.0. The SMILES string of the molecule is CC1O[C@@H](OC2C(O)[C@@H](O)C(CO)O[C@H]2O[C@@H]2C(CO)O[C@@H](C)C([NH-])C2O[C@@H]2OC(C)[C@@H](O)C(O)C2O)C(O)C(O)[C@@H]1O.[Ac]. The standard InChI is InChI=1S/C25H44NO17.Ac/c1-6-11(26)21(42-23-18(35)15(32)12(29)7(2)38-23)20(10(5-28)37-6)41-25-22(17(34)14(31)9(4-27)40-25)43-24-19(36)16(33)13(30)8(3)39-24;/h6-36H,4-5H2,1-3H3;/q-1;/t6-,7?,8?,9?,10?,11?,12+,13+,14-,15?,16?,17?,18?,19?,20+,21?,22?,23-,24-,25-;/m0./s1. The minimum Gasteiger partial charge on any atom is -0.670 e. The van der Waals surface area contributed by atoms with E-state index in [-0.39, 0.29) is 44.1 Å². The minimum atomic E-state index is -1.84. The van der Waals surface area contributed by atoms with Crippen LogP contribution >= 0.6 is 0 Å². The van der Waals surface area contributed by atoms with Crippen molar-refractivity contribution in [1.82, 2.24) is 0 Å². The van der Waals surface area contributed by atoms with Crippen LogP contribution in [0.5, 0.6) is 0 Å². The second kappa shape index (κ2) is 16.4. The van der Waals surface area contributed by atoms with Crippen molar-refractivity contribution in [3.8, 4) is 0 Å². The summed E-state index contributed by atoms with van der Waals surface area (Å²) in [6.45, 7) is 2.91. The topological polar surface area (TPSA) is 291 Å². The maximum Gasteiger partial charge on any atom is 0.187 e. The number of aliphatic hydroxyl groups excluding tert-OH is 10. The quantitative estimate of drug-likeness (QED) is 0.109. The summed E-state index contributed by atoms with van der Waals surface area (Å²) in [5.74, 6) is 0. The van der Waals surface area contributed by atoms with Crippen LogP contribution in [-0.2, 0) is 33.2 Å². The van der Waals surface area contributed by atoms with E-state index in [0.717, 1.165) is 0 Å². The van der Waals surface area contributed by atoms with Gasteiger partial charge in [0.25, 0.3) is 0 Å². The first-order valence-electron chi connectivity index (χ1n) is 14.2. The molecular weight excluding hydrogens is 813 g/mol. The molecule has 0 saturated carbocycles. The van der Waals surface area contributed by atoms with E-state index in [1.165, 1.54) is 20.8 Å². The molecule has 0 amide bonds. The maximum absolute atomic E-state index is 11.0. The smallest absolute Gasteiger partial charge is 0.187 e.